The van der Waals surface area contributed by atoms with Crippen LogP contribution in [0.3, 0.4) is 0 Å². The Morgan fingerprint density at radius 3 is 2.23 bits per heavy atom. The van der Waals surface area contributed by atoms with Gasteiger partial charge in [0.2, 0.25) is 0 Å². The van der Waals surface area contributed by atoms with Gasteiger partial charge in [0.05, 0.1) is 7.11 Å². The van der Waals surface area contributed by atoms with Crippen LogP contribution in [0.2, 0.25) is 0 Å². The van der Waals surface area contributed by atoms with E-state index in [0.29, 0.717) is 11.1 Å². The number of aryl methyl sites for hydroxylation is 2. The lowest BCUT2D eigenvalue weighted by molar-refractivity contribution is 0.103. The van der Waals surface area contributed by atoms with E-state index in [-0.39, 0.29) is 5.78 Å². The summed E-state index contributed by atoms with van der Waals surface area (Å²) in [6.45, 7) is 8.03. The Labute approximate surface area is 141 Å². The summed E-state index contributed by atoms with van der Waals surface area (Å²) in [5.74, 6) is 0.792. The lowest BCUT2D eigenvalue weighted by Gasteiger charge is -2.10. The van der Waals surface area contributed by atoms with E-state index in [9.17, 15) is 4.79 Å². The second-order valence-electron chi connectivity index (χ2n) is 4.68. The number of halogens is 1. The van der Waals surface area contributed by atoms with Gasteiger partial charge in [0.25, 0.3) is 0 Å². The maximum atomic E-state index is 12.5. The second-order valence-corrected chi connectivity index (χ2v) is 5.54. The second kappa shape index (κ2) is 8.74. The first-order valence-corrected chi connectivity index (χ1v) is 8.34. The number of carbonyl (C=O) groups excluding carboxylic acids is 1. The molecular weight excluding hydrogens is 340 g/mol. The molecule has 0 amide bonds. The summed E-state index contributed by atoms with van der Waals surface area (Å²) in [6.07, 6.45) is 0.972. The summed E-state index contributed by atoms with van der Waals surface area (Å²) in [4.78, 5) is 12.5. The molecule has 118 valence electrons. The van der Waals surface area contributed by atoms with Gasteiger partial charge in [-0.05, 0) is 52.5 Å². The van der Waals surface area contributed by atoms with Gasteiger partial charge in [-0.2, -0.15) is 0 Å². The molecule has 0 N–H and O–H groups in total. The molecule has 0 bridgehead atoms. The molecule has 0 aliphatic carbocycles. The molecule has 2 rings (SSSR count). The number of hydrogen-bond acceptors (Lipinski definition) is 2. The van der Waals surface area contributed by atoms with Crippen LogP contribution in [0.15, 0.2) is 40.9 Å². The zero-order valence-corrected chi connectivity index (χ0v) is 15.5. The highest BCUT2D eigenvalue weighted by Gasteiger charge is 2.15. The number of rotatable bonds is 4. The Balaban J connectivity index is 0.00000116. The van der Waals surface area contributed by atoms with Gasteiger partial charge in [-0.15, -0.1) is 0 Å². The molecule has 2 aromatic rings. The van der Waals surface area contributed by atoms with Crippen LogP contribution >= 0.6 is 15.9 Å². The largest absolute Gasteiger partial charge is 0.496 e. The van der Waals surface area contributed by atoms with Gasteiger partial charge in [0.15, 0.2) is 5.78 Å². The molecule has 0 aromatic heterocycles. The normalized spacial score (nSPS) is 9.73. The summed E-state index contributed by atoms with van der Waals surface area (Å²) < 4.78 is 6.01. The molecule has 0 saturated heterocycles. The van der Waals surface area contributed by atoms with E-state index in [1.807, 2.05) is 57.2 Å². The first kappa shape index (κ1) is 18.4. The van der Waals surface area contributed by atoms with Crippen LogP contribution in [-0.2, 0) is 6.42 Å². The fourth-order valence-electron chi connectivity index (χ4n) is 2.10. The zero-order chi connectivity index (χ0) is 16.7. The standard InChI is InChI=1S/C17H17BrO2.C2H6/c1-4-12-5-7-13(8-6-12)17(19)14-9-11(2)16(20-3)10-15(14)18;1-2/h5-10H,4H2,1-3H3;1-2H3. The molecule has 0 unspecified atom stereocenters. The number of ketones is 1. The third-order valence-electron chi connectivity index (χ3n) is 3.35. The molecule has 3 heteroatoms. The number of ether oxygens (including phenoxy) is 1. The average Bonchev–Trinajstić information content (AvgIpc) is 2.57. The molecule has 0 aliphatic heterocycles. The minimum atomic E-state index is 0.0188. The third kappa shape index (κ3) is 4.20. The Hall–Kier alpha value is -1.61. The van der Waals surface area contributed by atoms with Crippen molar-refractivity contribution in [1.29, 1.82) is 0 Å². The molecular formula is C19H23BrO2. The van der Waals surface area contributed by atoms with Crippen molar-refractivity contribution in [3.05, 3.63) is 63.1 Å². The van der Waals surface area contributed by atoms with Crippen molar-refractivity contribution in [2.45, 2.75) is 34.1 Å². The highest BCUT2D eigenvalue weighted by Crippen LogP contribution is 2.28. The van der Waals surface area contributed by atoms with Crippen LogP contribution in [0.4, 0.5) is 0 Å². The summed E-state index contributed by atoms with van der Waals surface area (Å²) in [5, 5.41) is 0. The molecule has 2 nitrogen and oxygen atoms in total. The first-order chi connectivity index (χ1) is 10.6. The highest BCUT2D eigenvalue weighted by atomic mass is 79.9. The molecule has 0 atom stereocenters. The molecule has 22 heavy (non-hydrogen) atoms. The maximum absolute atomic E-state index is 12.5. The van der Waals surface area contributed by atoms with Crippen molar-refractivity contribution < 1.29 is 9.53 Å². The Morgan fingerprint density at radius 2 is 1.73 bits per heavy atom. The van der Waals surface area contributed by atoms with E-state index in [0.717, 1.165) is 22.2 Å². The molecule has 0 saturated carbocycles. The van der Waals surface area contributed by atoms with Crippen molar-refractivity contribution in [2.75, 3.05) is 7.11 Å². The molecule has 2 aromatic carbocycles. The number of hydrogen-bond donors (Lipinski definition) is 0. The maximum Gasteiger partial charge on any atom is 0.194 e. The van der Waals surface area contributed by atoms with Crippen LogP contribution in [0, 0.1) is 6.92 Å². The van der Waals surface area contributed by atoms with Gasteiger partial charge in [-0.3, -0.25) is 4.79 Å². The van der Waals surface area contributed by atoms with E-state index < -0.39 is 0 Å². The topological polar surface area (TPSA) is 26.3 Å². The van der Waals surface area contributed by atoms with E-state index in [4.69, 9.17) is 4.74 Å². The van der Waals surface area contributed by atoms with E-state index in [2.05, 4.69) is 22.9 Å². The van der Waals surface area contributed by atoms with Crippen molar-refractivity contribution >= 4 is 21.7 Å². The summed E-state index contributed by atoms with van der Waals surface area (Å²) in [7, 11) is 1.62. The zero-order valence-electron chi connectivity index (χ0n) is 13.9. The third-order valence-corrected chi connectivity index (χ3v) is 4.01. The van der Waals surface area contributed by atoms with Crippen LogP contribution in [0.25, 0.3) is 0 Å². The average molecular weight is 363 g/mol. The summed E-state index contributed by atoms with van der Waals surface area (Å²) >= 11 is 3.45. The lowest BCUT2D eigenvalue weighted by atomic mass is 10.00. The molecule has 0 spiro atoms. The van der Waals surface area contributed by atoms with Gasteiger partial charge in [-0.25, -0.2) is 0 Å². The van der Waals surface area contributed by atoms with Crippen LogP contribution in [0.1, 0.15) is 47.8 Å². The van der Waals surface area contributed by atoms with Crippen molar-refractivity contribution in [3.8, 4) is 5.75 Å². The monoisotopic (exact) mass is 362 g/mol. The Morgan fingerprint density at radius 1 is 1.14 bits per heavy atom. The van der Waals surface area contributed by atoms with E-state index >= 15 is 0 Å². The van der Waals surface area contributed by atoms with Crippen molar-refractivity contribution in [2.24, 2.45) is 0 Å². The first-order valence-electron chi connectivity index (χ1n) is 7.54. The SMILES string of the molecule is CC.CCc1ccc(C(=O)c2cc(C)c(OC)cc2Br)cc1. The Bertz CT molecular complexity index is 631. The van der Waals surface area contributed by atoms with Crippen molar-refractivity contribution in [1.82, 2.24) is 0 Å². The van der Waals surface area contributed by atoms with Gasteiger partial charge in [0, 0.05) is 15.6 Å². The van der Waals surface area contributed by atoms with Crippen molar-refractivity contribution in [3.63, 3.8) is 0 Å². The summed E-state index contributed by atoms with van der Waals surface area (Å²) in [5.41, 5.74) is 3.54. The number of methoxy groups -OCH3 is 1. The predicted octanol–water partition coefficient (Wildman–Crippen LogP) is 5.59. The fourth-order valence-corrected chi connectivity index (χ4v) is 2.61. The quantitative estimate of drug-likeness (QED) is 0.663. The van der Waals surface area contributed by atoms with Gasteiger partial charge in [0.1, 0.15) is 5.75 Å². The van der Waals surface area contributed by atoms with Gasteiger partial charge < -0.3 is 4.74 Å². The molecule has 0 heterocycles. The van der Waals surface area contributed by atoms with Crippen LogP contribution < -0.4 is 4.74 Å². The fraction of sp³-hybridized carbons (Fsp3) is 0.316. The lowest BCUT2D eigenvalue weighted by Crippen LogP contribution is -2.04. The van der Waals surface area contributed by atoms with Gasteiger partial charge in [-0.1, -0.05) is 45.0 Å². The van der Waals surface area contributed by atoms with Crippen LogP contribution in [-0.4, -0.2) is 12.9 Å². The smallest absolute Gasteiger partial charge is 0.194 e. The molecule has 0 radical (unpaired) electrons. The summed E-state index contributed by atoms with van der Waals surface area (Å²) in [6, 6.07) is 11.5. The number of carbonyl (C=O) groups is 1. The Kier molecular flexibility index (Phi) is 7.33. The van der Waals surface area contributed by atoms with E-state index in [1.54, 1.807) is 7.11 Å². The minimum absolute atomic E-state index is 0.0188. The van der Waals surface area contributed by atoms with Gasteiger partial charge >= 0.3 is 0 Å². The van der Waals surface area contributed by atoms with E-state index in [1.165, 1.54) is 5.56 Å². The number of benzene rings is 2. The predicted molar refractivity (Wildman–Crippen MR) is 96.0 cm³/mol. The molecule has 0 aliphatic rings. The minimum Gasteiger partial charge on any atom is -0.496 e. The molecule has 0 fully saturated rings. The highest BCUT2D eigenvalue weighted by molar-refractivity contribution is 9.10. The van der Waals surface area contributed by atoms with Crippen LogP contribution in [0.5, 0.6) is 5.75 Å².